The minimum absolute atomic E-state index is 0.101. The molecule has 0 aromatic heterocycles. The molecule has 1 amide bonds. The van der Waals surface area contributed by atoms with Gasteiger partial charge in [-0.3, -0.25) is 4.79 Å². The van der Waals surface area contributed by atoms with Crippen molar-refractivity contribution in [3.63, 3.8) is 0 Å². The summed E-state index contributed by atoms with van der Waals surface area (Å²) in [6.45, 7) is -0.474. The van der Waals surface area contributed by atoms with Gasteiger partial charge < -0.3 is 15.2 Å². The van der Waals surface area contributed by atoms with Crippen molar-refractivity contribution < 1.29 is 23.4 Å². The van der Waals surface area contributed by atoms with Crippen molar-refractivity contribution in [3.8, 4) is 17.6 Å². The Morgan fingerprint density at radius 1 is 1.30 bits per heavy atom. The number of para-hydroxylation sites is 2. The molecule has 23 heavy (non-hydrogen) atoms. The van der Waals surface area contributed by atoms with Gasteiger partial charge in [-0.15, -0.1) is 0 Å². The summed E-state index contributed by atoms with van der Waals surface area (Å²) in [6.07, 6.45) is 0. The van der Waals surface area contributed by atoms with Crippen LogP contribution in [0.3, 0.4) is 0 Å². The first kappa shape index (κ1) is 16.2. The van der Waals surface area contributed by atoms with Crippen LogP contribution in [0.5, 0.6) is 11.5 Å². The molecular formula is C16H12F2N2O3. The lowest BCUT2D eigenvalue weighted by atomic mass is 10.1. The maximum Gasteiger partial charge on any atom is 0.259 e. The van der Waals surface area contributed by atoms with Gasteiger partial charge in [0.15, 0.2) is 18.1 Å². The van der Waals surface area contributed by atoms with Crippen LogP contribution in [0.2, 0.25) is 0 Å². The molecule has 7 heteroatoms. The van der Waals surface area contributed by atoms with Gasteiger partial charge in [0.2, 0.25) is 0 Å². The maximum atomic E-state index is 13.6. The number of halogens is 2. The van der Waals surface area contributed by atoms with E-state index >= 15 is 0 Å². The molecular weight excluding hydrogens is 306 g/mol. The average Bonchev–Trinajstić information content (AvgIpc) is 2.52. The minimum atomic E-state index is -1.28. The zero-order chi connectivity index (χ0) is 16.8. The number of ether oxygens (including phenoxy) is 1. The van der Waals surface area contributed by atoms with Crippen molar-refractivity contribution in [2.24, 2.45) is 0 Å². The summed E-state index contributed by atoms with van der Waals surface area (Å²) >= 11 is 0. The van der Waals surface area contributed by atoms with Crippen LogP contribution in [-0.4, -0.2) is 17.6 Å². The first-order chi connectivity index (χ1) is 11.0. The largest absolute Gasteiger partial charge is 0.504 e. The molecule has 2 aromatic rings. The summed E-state index contributed by atoms with van der Waals surface area (Å²) in [5, 5.41) is 20.8. The van der Waals surface area contributed by atoms with Crippen molar-refractivity contribution in [2.45, 2.75) is 6.04 Å². The monoisotopic (exact) mass is 318 g/mol. The second-order valence-corrected chi connectivity index (χ2v) is 4.55. The first-order valence-electron chi connectivity index (χ1n) is 6.56. The predicted molar refractivity (Wildman–Crippen MR) is 76.5 cm³/mol. The molecule has 0 aliphatic heterocycles. The molecule has 0 spiro atoms. The van der Waals surface area contributed by atoms with E-state index in [1.807, 2.05) is 0 Å². The van der Waals surface area contributed by atoms with Gasteiger partial charge in [0, 0.05) is 11.6 Å². The summed E-state index contributed by atoms with van der Waals surface area (Å²) in [5.74, 6) is -2.44. The number of amides is 1. The van der Waals surface area contributed by atoms with E-state index in [1.54, 1.807) is 18.2 Å². The third-order valence-corrected chi connectivity index (χ3v) is 2.93. The molecule has 0 radical (unpaired) electrons. The van der Waals surface area contributed by atoms with E-state index in [9.17, 15) is 18.7 Å². The van der Waals surface area contributed by atoms with E-state index in [-0.39, 0.29) is 17.1 Å². The number of benzene rings is 2. The van der Waals surface area contributed by atoms with Crippen LogP contribution in [0, 0.1) is 23.0 Å². The van der Waals surface area contributed by atoms with Crippen molar-refractivity contribution in [1.29, 1.82) is 5.26 Å². The van der Waals surface area contributed by atoms with E-state index in [4.69, 9.17) is 10.00 Å². The lowest BCUT2D eigenvalue weighted by Gasteiger charge is -2.13. The number of phenolic OH excluding ortho intramolecular Hbond substituents is 1. The molecule has 1 atom stereocenters. The number of nitrogens with zero attached hydrogens (tertiary/aromatic N) is 1. The van der Waals surface area contributed by atoms with Gasteiger partial charge in [-0.05, 0) is 18.2 Å². The molecule has 0 heterocycles. The summed E-state index contributed by atoms with van der Waals surface area (Å²) in [4.78, 5) is 11.8. The molecule has 2 rings (SSSR count). The van der Waals surface area contributed by atoms with Gasteiger partial charge in [-0.25, -0.2) is 8.78 Å². The molecule has 5 nitrogen and oxygen atoms in total. The van der Waals surface area contributed by atoms with Crippen molar-refractivity contribution in [1.82, 2.24) is 5.32 Å². The molecule has 2 aromatic carbocycles. The number of rotatable bonds is 5. The van der Waals surface area contributed by atoms with Crippen LogP contribution in [0.15, 0.2) is 42.5 Å². The second-order valence-electron chi connectivity index (χ2n) is 4.55. The molecule has 0 aliphatic carbocycles. The fraction of sp³-hybridized carbons (Fsp3) is 0.125. The number of phenols is 1. The number of hydrogen-bond donors (Lipinski definition) is 2. The Morgan fingerprint density at radius 3 is 2.70 bits per heavy atom. The lowest BCUT2D eigenvalue weighted by Crippen LogP contribution is -2.32. The van der Waals surface area contributed by atoms with E-state index in [2.05, 4.69) is 5.32 Å². The van der Waals surface area contributed by atoms with E-state index < -0.39 is 30.2 Å². The standard InChI is InChI=1S/C16H12F2N2O3/c17-10-5-6-11(12(18)7-10)13(8-19)20-16(22)9-23-15-4-2-1-3-14(15)21/h1-7,13,21H,9H2,(H,20,22)/t13-/m1/s1. The first-order valence-corrected chi connectivity index (χ1v) is 6.56. The number of carbonyl (C=O) groups is 1. The zero-order valence-electron chi connectivity index (χ0n) is 11.8. The minimum Gasteiger partial charge on any atom is -0.504 e. The Kier molecular flexibility index (Phi) is 5.10. The van der Waals surface area contributed by atoms with Gasteiger partial charge in [0.25, 0.3) is 5.91 Å². The summed E-state index contributed by atoms with van der Waals surface area (Å²) in [7, 11) is 0. The lowest BCUT2D eigenvalue weighted by molar-refractivity contribution is -0.123. The van der Waals surface area contributed by atoms with Crippen molar-refractivity contribution in [3.05, 3.63) is 59.7 Å². The number of nitriles is 1. The molecule has 0 bridgehead atoms. The molecule has 0 fully saturated rings. The normalized spacial score (nSPS) is 11.3. The number of aromatic hydroxyl groups is 1. The topological polar surface area (TPSA) is 82.4 Å². The average molecular weight is 318 g/mol. The van der Waals surface area contributed by atoms with Crippen LogP contribution >= 0.6 is 0 Å². The smallest absolute Gasteiger partial charge is 0.259 e. The van der Waals surface area contributed by atoms with Gasteiger partial charge in [-0.2, -0.15) is 5.26 Å². The highest BCUT2D eigenvalue weighted by Crippen LogP contribution is 2.24. The Bertz CT molecular complexity index is 759. The fourth-order valence-electron chi connectivity index (χ4n) is 1.84. The van der Waals surface area contributed by atoms with Crippen LogP contribution in [-0.2, 0) is 4.79 Å². The highest BCUT2D eigenvalue weighted by molar-refractivity contribution is 5.78. The highest BCUT2D eigenvalue weighted by atomic mass is 19.1. The number of nitrogens with one attached hydrogen (secondary N) is 1. The summed E-state index contributed by atoms with van der Waals surface area (Å²) in [6, 6.07) is 9.20. The summed E-state index contributed by atoms with van der Waals surface area (Å²) in [5.41, 5.74) is -0.148. The Balaban J connectivity index is 2.00. The molecule has 118 valence electrons. The quantitative estimate of drug-likeness (QED) is 0.887. The Hall–Kier alpha value is -3.14. The van der Waals surface area contributed by atoms with Crippen molar-refractivity contribution >= 4 is 5.91 Å². The highest BCUT2D eigenvalue weighted by Gasteiger charge is 2.18. The van der Waals surface area contributed by atoms with E-state index in [0.29, 0.717) is 6.07 Å². The number of hydrogen-bond acceptors (Lipinski definition) is 4. The summed E-state index contributed by atoms with van der Waals surface area (Å²) < 4.78 is 31.6. The molecule has 0 saturated heterocycles. The van der Waals surface area contributed by atoms with Gasteiger partial charge >= 0.3 is 0 Å². The maximum absolute atomic E-state index is 13.6. The molecule has 0 aliphatic rings. The number of carbonyl (C=O) groups excluding carboxylic acids is 1. The Labute approximate surface area is 130 Å². The van der Waals surface area contributed by atoms with E-state index in [1.165, 1.54) is 12.1 Å². The zero-order valence-corrected chi connectivity index (χ0v) is 11.8. The van der Waals surface area contributed by atoms with Crippen LogP contribution in [0.4, 0.5) is 8.78 Å². The predicted octanol–water partition coefficient (Wildman–Crippen LogP) is 2.43. The van der Waals surface area contributed by atoms with Crippen molar-refractivity contribution in [2.75, 3.05) is 6.61 Å². The third kappa shape index (κ3) is 4.17. The molecule has 0 unspecified atom stereocenters. The SMILES string of the molecule is N#C[C@@H](NC(=O)COc1ccccc1O)c1ccc(F)cc1F. The second kappa shape index (κ2) is 7.22. The van der Waals surface area contributed by atoms with Gasteiger partial charge in [0.05, 0.1) is 6.07 Å². The molecule has 0 saturated carbocycles. The Morgan fingerprint density at radius 2 is 2.04 bits per heavy atom. The fourth-order valence-corrected chi connectivity index (χ4v) is 1.84. The van der Waals surface area contributed by atoms with Crippen LogP contribution in [0.1, 0.15) is 11.6 Å². The van der Waals surface area contributed by atoms with Crippen LogP contribution in [0.25, 0.3) is 0 Å². The van der Waals surface area contributed by atoms with Gasteiger partial charge in [0.1, 0.15) is 17.7 Å². The van der Waals surface area contributed by atoms with E-state index in [0.717, 1.165) is 12.1 Å². The van der Waals surface area contributed by atoms with Crippen LogP contribution < -0.4 is 10.1 Å². The van der Waals surface area contributed by atoms with Gasteiger partial charge in [-0.1, -0.05) is 18.2 Å². The third-order valence-electron chi connectivity index (χ3n) is 2.93. The molecule has 2 N–H and O–H groups in total.